The Hall–Kier alpha value is -0.780. The fourth-order valence-corrected chi connectivity index (χ4v) is 2.91. The second-order valence-corrected chi connectivity index (χ2v) is 5.43. The van der Waals surface area contributed by atoms with Crippen LogP contribution in [0, 0.1) is 6.07 Å². The van der Waals surface area contributed by atoms with Crippen LogP contribution in [-0.2, 0) is 5.41 Å². The van der Waals surface area contributed by atoms with Crippen LogP contribution in [0.2, 0.25) is 0 Å². The first kappa shape index (κ1) is 15.3. The molecule has 0 heterocycles. The first-order valence-electron chi connectivity index (χ1n) is 7.76. The highest BCUT2D eigenvalue weighted by Crippen LogP contribution is 2.36. The van der Waals surface area contributed by atoms with Gasteiger partial charge in [0, 0.05) is 0 Å². The minimum atomic E-state index is 0.369. The van der Waals surface area contributed by atoms with Crippen molar-refractivity contribution in [1.82, 2.24) is 0 Å². The van der Waals surface area contributed by atoms with E-state index in [0.29, 0.717) is 5.41 Å². The van der Waals surface area contributed by atoms with E-state index in [9.17, 15) is 0 Å². The maximum absolute atomic E-state index is 3.46. The molecule has 0 atom stereocenters. The minimum Gasteiger partial charge on any atom is -0.0654 e. The van der Waals surface area contributed by atoms with Crippen molar-refractivity contribution in [3.8, 4) is 0 Å². The van der Waals surface area contributed by atoms with E-state index in [1.54, 1.807) is 0 Å². The van der Waals surface area contributed by atoms with Crippen molar-refractivity contribution in [3.63, 3.8) is 0 Å². The van der Waals surface area contributed by atoms with E-state index in [4.69, 9.17) is 0 Å². The van der Waals surface area contributed by atoms with Crippen molar-refractivity contribution < 1.29 is 0 Å². The smallest absolute Gasteiger partial charge is 0.00461 e. The summed E-state index contributed by atoms with van der Waals surface area (Å²) in [5.74, 6) is 0. The summed E-state index contributed by atoms with van der Waals surface area (Å²) < 4.78 is 0. The van der Waals surface area contributed by atoms with Crippen molar-refractivity contribution in [3.05, 3.63) is 35.9 Å². The Kier molecular flexibility index (Phi) is 7.08. The zero-order chi connectivity index (χ0) is 13.3. The molecule has 0 aliphatic rings. The van der Waals surface area contributed by atoms with E-state index in [2.05, 4.69) is 51.1 Å². The third-order valence-corrected chi connectivity index (χ3v) is 4.39. The zero-order valence-electron chi connectivity index (χ0n) is 12.5. The number of rotatable bonds is 9. The molecule has 1 radical (unpaired) electrons. The maximum atomic E-state index is 3.46. The number of benzene rings is 1. The first-order chi connectivity index (χ1) is 8.79. The highest BCUT2D eigenvalue weighted by Gasteiger charge is 2.27. The molecule has 18 heavy (non-hydrogen) atoms. The molecule has 0 saturated heterocycles. The van der Waals surface area contributed by atoms with Gasteiger partial charge in [-0.15, -0.1) is 0 Å². The summed E-state index contributed by atoms with van der Waals surface area (Å²) in [6, 6.07) is 12.0. The monoisotopic (exact) mass is 245 g/mol. The van der Waals surface area contributed by atoms with E-state index in [0.717, 1.165) is 0 Å². The van der Waals surface area contributed by atoms with Gasteiger partial charge in [0.05, 0.1) is 0 Å². The average Bonchev–Trinajstić information content (AvgIpc) is 2.44. The van der Waals surface area contributed by atoms with E-state index < -0.39 is 0 Å². The second kappa shape index (κ2) is 8.34. The van der Waals surface area contributed by atoms with E-state index in [1.165, 1.54) is 56.9 Å². The van der Waals surface area contributed by atoms with Crippen molar-refractivity contribution in [1.29, 1.82) is 0 Å². The van der Waals surface area contributed by atoms with E-state index in [-0.39, 0.29) is 0 Å². The van der Waals surface area contributed by atoms with Crippen molar-refractivity contribution in [2.45, 2.75) is 77.6 Å². The predicted octanol–water partition coefficient (Wildman–Crippen LogP) is 5.91. The molecule has 0 amide bonds. The van der Waals surface area contributed by atoms with Gasteiger partial charge in [0.25, 0.3) is 0 Å². The third kappa shape index (κ3) is 4.15. The molecule has 1 aromatic carbocycles. The van der Waals surface area contributed by atoms with Crippen LogP contribution in [0.1, 0.15) is 77.7 Å². The quantitative estimate of drug-likeness (QED) is 0.475. The molecule has 101 valence electrons. The van der Waals surface area contributed by atoms with Gasteiger partial charge in [0.2, 0.25) is 0 Å². The predicted molar refractivity (Wildman–Crippen MR) is 80.9 cm³/mol. The van der Waals surface area contributed by atoms with Crippen LogP contribution in [0.3, 0.4) is 0 Å². The highest BCUT2D eigenvalue weighted by atomic mass is 14.3. The van der Waals surface area contributed by atoms with Gasteiger partial charge in [-0.25, -0.2) is 0 Å². The SMILES string of the molecule is CCCCCCCC(CC)(CC)c1[c]cccc1. The Morgan fingerprint density at radius 3 is 2.22 bits per heavy atom. The lowest BCUT2D eigenvalue weighted by Crippen LogP contribution is -2.24. The fourth-order valence-electron chi connectivity index (χ4n) is 2.91. The molecule has 0 spiro atoms. The Balaban J connectivity index is 2.58. The summed E-state index contributed by atoms with van der Waals surface area (Å²) in [6.07, 6.45) is 10.7. The summed E-state index contributed by atoms with van der Waals surface area (Å²) in [5.41, 5.74) is 1.79. The minimum absolute atomic E-state index is 0.369. The van der Waals surface area contributed by atoms with Gasteiger partial charge in [-0.1, -0.05) is 77.1 Å². The molecular weight excluding hydrogens is 216 g/mol. The van der Waals surface area contributed by atoms with Crippen molar-refractivity contribution >= 4 is 0 Å². The molecule has 0 fully saturated rings. The van der Waals surface area contributed by atoms with Crippen LogP contribution in [0.15, 0.2) is 24.3 Å². The molecule has 0 aromatic heterocycles. The zero-order valence-corrected chi connectivity index (χ0v) is 12.5. The lowest BCUT2D eigenvalue weighted by Gasteiger charge is -2.32. The van der Waals surface area contributed by atoms with E-state index in [1.807, 2.05) is 0 Å². The molecule has 0 N–H and O–H groups in total. The summed E-state index contributed by atoms with van der Waals surface area (Å²) in [6.45, 7) is 6.94. The van der Waals surface area contributed by atoms with Crippen LogP contribution in [0.25, 0.3) is 0 Å². The van der Waals surface area contributed by atoms with Crippen LogP contribution in [-0.4, -0.2) is 0 Å². The molecule has 0 bridgehead atoms. The summed E-state index contributed by atoms with van der Waals surface area (Å²) >= 11 is 0. The molecule has 0 aliphatic heterocycles. The molecule has 0 saturated carbocycles. The van der Waals surface area contributed by atoms with Gasteiger partial charge in [-0.2, -0.15) is 0 Å². The summed E-state index contributed by atoms with van der Waals surface area (Å²) in [7, 11) is 0. The summed E-state index contributed by atoms with van der Waals surface area (Å²) in [5, 5.41) is 0. The number of hydrogen-bond donors (Lipinski definition) is 0. The molecular formula is C18H29. The molecule has 0 aliphatic carbocycles. The van der Waals surface area contributed by atoms with Crippen LogP contribution in [0.5, 0.6) is 0 Å². The third-order valence-electron chi connectivity index (χ3n) is 4.39. The Morgan fingerprint density at radius 1 is 0.944 bits per heavy atom. The molecule has 1 aromatic rings. The molecule has 0 nitrogen and oxygen atoms in total. The van der Waals surface area contributed by atoms with Gasteiger partial charge in [0.1, 0.15) is 0 Å². The molecule has 0 unspecified atom stereocenters. The summed E-state index contributed by atoms with van der Waals surface area (Å²) in [4.78, 5) is 0. The first-order valence-corrected chi connectivity index (χ1v) is 7.76. The van der Waals surface area contributed by atoms with E-state index >= 15 is 0 Å². The number of hydrogen-bond acceptors (Lipinski definition) is 0. The van der Waals surface area contributed by atoms with Gasteiger partial charge >= 0.3 is 0 Å². The van der Waals surface area contributed by atoms with Crippen molar-refractivity contribution in [2.24, 2.45) is 0 Å². The Morgan fingerprint density at radius 2 is 1.67 bits per heavy atom. The van der Waals surface area contributed by atoms with Crippen LogP contribution in [0.4, 0.5) is 0 Å². The normalized spacial score (nSPS) is 11.7. The topological polar surface area (TPSA) is 0 Å². The van der Waals surface area contributed by atoms with Gasteiger partial charge in [-0.3, -0.25) is 0 Å². The van der Waals surface area contributed by atoms with Gasteiger partial charge in [0.15, 0.2) is 0 Å². The maximum Gasteiger partial charge on any atom is -0.00461 e. The van der Waals surface area contributed by atoms with Crippen molar-refractivity contribution in [2.75, 3.05) is 0 Å². The lowest BCUT2D eigenvalue weighted by molar-refractivity contribution is 0.348. The van der Waals surface area contributed by atoms with Gasteiger partial charge < -0.3 is 0 Å². The number of unbranched alkanes of at least 4 members (excludes halogenated alkanes) is 4. The second-order valence-electron chi connectivity index (χ2n) is 5.43. The lowest BCUT2D eigenvalue weighted by atomic mass is 9.72. The van der Waals surface area contributed by atoms with Gasteiger partial charge in [-0.05, 0) is 36.3 Å². The van der Waals surface area contributed by atoms with Crippen LogP contribution < -0.4 is 0 Å². The Labute approximate surface area is 114 Å². The average molecular weight is 245 g/mol. The standard InChI is InChI=1S/C18H29/c1-4-7-8-9-13-16-18(5-2,6-3)17-14-11-10-12-15-17/h10-12,14H,4-9,13,16H2,1-3H3. The van der Waals surface area contributed by atoms with Crippen LogP contribution >= 0.6 is 0 Å². The Bertz CT molecular complexity index is 295. The highest BCUT2D eigenvalue weighted by molar-refractivity contribution is 5.23. The fraction of sp³-hybridized carbons (Fsp3) is 0.667. The molecule has 1 rings (SSSR count). The molecule has 0 heteroatoms. The largest absolute Gasteiger partial charge is 0.0654 e.